The second-order valence-corrected chi connectivity index (χ2v) is 3.83. The topological polar surface area (TPSA) is 50.4 Å². The van der Waals surface area contributed by atoms with Crippen LogP contribution in [0.1, 0.15) is 10.4 Å². The van der Waals surface area contributed by atoms with Crippen LogP contribution < -0.4 is 0 Å². The van der Waals surface area contributed by atoms with Gasteiger partial charge in [0.15, 0.2) is 0 Å². The highest BCUT2D eigenvalue weighted by Crippen LogP contribution is 2.29. The minimum absolute atomic E-state index is 0.247. The molecule has 0 aliphatic carbocycles. The molecule has 1 aromatic heterocycles. The molecule has 1 aromatic carbocycles. The number of carbonyl (C=O) groups is 1. The van der Waals surface area contributed by atoms with Crippen LogP contribution in [0.2, 0.25) is 0 Å². The van der Waals surface area contributed by atoms with E-state index in [1.807, 2.05) is 6.07 Å². The third-order valence-electron chi connectivity index (χ3n) is 2.00. The van der Waals surface area contributed by atoms with Gasteiger partial charge in [-0.3, -0.25) is 0 Å². The van der Waals surface area contributed by atoms with Gasteiger partial charge in [0.05, 0.1) is 11.8 Å². The van der Waals surface area contributed by atoms with Crippen LogP contribution in [0, 0.1) is 0 Å². The van der Waals surface area contributed by atoms with Crippen molar-refractivity contribution in [2.45, 2.75) is 0 Å². The molecule has 0 saturated carbocycles. The summed E-state index contributed by atoms with van der Waals surface area (Å²) in [6.45, 7) is 0. The summed E-state index contributed by atoms with van der Waals surface area (Å²) in [6.07, 6.45) is 1.58. The van der Waals surface area contributed by atoms with Crippen LogP contribution in [-0.4, -0.2) is 11.1 Å². The van der Waals surface area contributed by atoms with Crippen molar-refractivity contribution in [3.8, 4) is 11.3 Å². The number of carboxylic acids is 1. The van der Waals surface area contributed by atoms with Crippen molar-refractivity contribution in [2.75, 3.05) is 0 Å². The summed E-state index contributed by atoms with van der Waals surface area (Å²) in [5, 5.41) is 8.79. The van der Waals surface area contributed by atoms with E-state index in [0.29, 0.717) is 10.2 Å². The standard InChI is InChI=1S/C11H7BrO3/c12-9-6-7(11(13)14)3-4-8(9)10-2-1-5-15-10/h1-6H,(H,13,14). The fourth-order valence-electron chi connectivity index (χ4n) is 1.28. The molecule has 0 aliphatic rings. The number of carboxylic acid groups (broad SMARTS) is 1. The van der Waals surface area contributed by atoms with Gasteiger partial charge in [0, 0.05) is 10.0 Å². The van der Waals surface area contributed by atoms with Crippen molar-refractivity contribution in [1.29, 1.82) is 0 Å². The highest BCUT2D eigenvalue weighted by Gasteiger charge is 2.09. The molecular weight excluding hydrogens is 260 g/mol. The molecule has 0 saturated heterocycles. The second-order valence-electron chi connectivity index (χ2n) is 2.98. The number of hydrogen-bond acceptors (Lipinski definition) is 2. The number of aromatic carboxylic acids is 1. The molecule has 1 heterocycles. The van der Waals surface area contributed by atoms with Gasteiger partial charge in [-0.25, -0.2) is 4.79 Å². The zero-order valence-corrected chi connectivity index (χ0v) is 9.19. The van der Waals surface area contributed by atoms with Gasteiger partial charge in [-0.05, 0) is 30.3 Å². The Morgan fingerprint density at radius 2 is 2.13 bits per heavy atom. The first-order chi connectivity index (χ1) is 7.18. The predicted molar refractivity (Wildman–Crippen MR) is 58.8 cm³/mol. The van der Waals surface area contributed by atoms with E-state index in [2.05, 4.69) is 15.9 Å². The molecular formula is C11H7BrO3. The fourth-order valence-corrected chi connectivity index (χ4v) is 1.85. The maximum atomic E-state index is 10.7. The summed E-state index contributed by atoms with van der Waals surface area (Å²) in [4.78, 5) is 10.7. The zero-order valence-electron chi connectivity index (χ0n) is 7.61. The zero-order chi connectivity index (χ0) is 10.8. The van der Waals surface area contributed by atoms with E-state index in [4.69, 9.17) is 9.52 Å². The average Bonchev–Trinajstić information content (AvgIpc) is 2.70. The Hall–Kier alpha value is -1.55. The Balaban J connectivity index is 2.48. The fraction of sp³-hybridized carbons (Fsp3) is 0. The number of halogens is 1. The first kappa shape index (κ1) is 9.98. The minimum atomic E-state index is -0.943. The highest BCUT2D eigenvalue weighted by atomic mass is 79.9. The molecule has 0 spiro atoms. The van der Waals surface area contributed by atoms with Gasteiger partial charge in [0.2, 0.25) is 0 Å². The van der Waals surface area contributed by atoms with Gasteiger partial charge in [-0.2, -0.15) is 0 Å². The third kappa shape index (κ3) is 1.94. The summed E-state index contributed by atoms with van der Waals surface area (Å²) >= 11 is 3.31. The lowest BCUT2D eigenvalue weighted by atomic mass is 10.1. The molecule has 15 heavy (non-hydrogen) atoms. The first-order valence-corrected chi connectivity index (χ1v) is 5.04. The second kappa shape index (κ2) is 3.90. The molecule has 76 valence electrons. The summed E-state index contributed by atoms with van der Waals surface area (Å²) in [7, 11) is 0. The van der Waals surface area contributed by atoms with Crippen LogP contribution >= 0.6 is 15.9 Å². The van der Waals surface area contributed by atoms with E-state index < -0.39 is 5.97 Å². The van der Waals surface area contributed by atoms with Gasteiger partial charge in [-0.15, -0.1) is 0 Å². The Labute approximate surface area is 94.5 Å². The SMILES string of the molecule is O=C(O)c1ccc(-c2ccco2)c(Br)c1. The van der Waals surface area contributed by atoms with E-state index >= 15 is 0 Å². The third-order valence-corrected chi connectivity index (χ3v) is 2.66. The average molecular weight is 267 g/mol. The molecule has 2 rings (SSSR count). The molecule has 0 aliphatic heterocycles. The molecule has 0 atom stereocenters. The van der Waals surface area contributed by atoms with E-state index in [-0.39, 0.29) is 5.56 Å². The van der Waals surface area contributed by atoms with Gasteiger partial charge in [0.1, 0.15) is 5.76 Å². The molecule has 4 heteroatoms. The Morgan fingerprint density at radius 3 is 2.67 bits per heavy atom. The van der Waals surface area contributed by atoms with Crippen LogP contribution in [0.5, 0.6) is 0 Å². The summed E-state index contributed by atoms with van der Waals surface area (Å²) in [6, 6.07) is 8.42. The first-order valence-electron chi connectivity index (χ1n) is 4.25. The summed E-state index contributed by atoms with van der Waals surface area (Å²) in [5.74, 6) is -0.236. The maximum Gasteiger partial charge on any atom is 0.335 e. The van der Waals surface area contributed by atoms with Crippen LogP contribution in [0.15, 0.2) is 45.5 Å². The van der Waals surface area contributed by atoms with Gasteiger partial charge < -0.3 is 9.52 Å². The lowest BCUT2D eigenvalue weighted by molar-refractivity contribution is 0.0697. The highest BCUT2D eigenvalue weighted by molar-refractivity contribution is 9.10. The van der Waals surface area contributed by atoms with Crippen molar-refractivity contribution in [3.05, 3.63) is 46.6 Å². The Bertz CT molecular complexity index is 489. The number of hydrogen-bond donors (Lipinski definition) is 1. The minimum Gasteiger partial charge on any atom is -0.478 e. The Morgan fingerprint density at radius 1 is 1.33 bits per heavy atom. The molecule has 2 aromatic rings. The van der Waals surface area contributed by atoms with Crippen LogP contribution in [0.4, 0.5) is 0 Å². The van der Waals surface area contributed by atoms with Crippen molar-refractivity contribution >= 4 is 21.9 Å². The summed E-state index contributed by atoms with van der Waals surface area (Å²) < 4.78 is 5.93. The van der Waals surface area contributed by atoms with E-state index in [0.717, 1.165) is 5.56 Å². The predicted octanol–water partition coefficient (Wildman–Crippen LogP) is 3.41. The summed E-state index contributed by atoms with van der Waals surface area (Å²) in [5.41, 5.74) is 1.09. The normalized spacial score (nSPS) is 10.2. The van der Waals surface area contributed by atoms with Crippen molar-refractivity contribution < 1.29 is 14.3 Å². The van der Waals surface area contributed by atoms with E-state index in [1.165, 1.54) is 0 Å². The van der Waals surface area contributed by atoms with Crippen LogP contribution in [-0.2, 0) is 0 Å². The van der Waals surface area contributed by atoms with Crippen molar-refractivity contribution in [1.82, 2.24) is 0 Å². The lowest BCUT2D eigenvalue weighted by Gasteiger charge is -2.02. The van der Waals surface area contributed by atoms with Crippen LogP contribution in [0.25, 0.3) is 11.3 Å². The molecule has 0 amide bonds. The van der Waals surface area contributed by atoms with E-state index in [1.54, 1.807) is 30.5 Å². The molecule has 3 nitrogen and oxygen atoms in total. The Kier molecular flexibility index (Phi) is 2.60. The quantitative estimate of drug-likeness (QED) is 0.907. The van der Waals surface area contributed by atoms with Gasteiger partial charge in [0.25, 0.3) is 0 Å². The monoisotopic (exact) mass is 266 g/mol. The number of benzene rings is 1. The van der Waals surface area contributed by atoms with Crippen LogP contribution in [0.3, 0.4) is 0 Å². The van der Waals surface area contributed by atoms with Crippen molar-refractivity contribution in [2.24, 2.45) is 0 Å². The van der Waals surface area contributed by atoms with E-state index in [9.17, 15) is 4.79 Å². The number of rotatable bonds is 2. The van der Waals surface area contributed by atoms with Crippen molar-refractivity contribution in [3.63, 3.8) is 0 Å². The molecule has 0 fully saturated rings. The maximum absolute atomic E-state index is 10.7. The van der Waals surface area contributed by atoms with Gasteiger partial charge >= 0.3 is 5.97 Å². The number of furan rings is 1. The molecule has 0 unspecified atom stereocenters. The largest absolute Gasteiger partial charge is 0.478 e. The lowest BCUT2D eigenvalue weighted by Crippen LogP contribution is -1.95. The molecule has 1 N–H and O–H groups in total. The molecule has 0 radical (unpaired) electrons. The van der Waals surface area contributed by atoms with Gasteiger partial charge in [-0.1, -0.05) is 15.9 Å². The smallest absolute Gasteiger partial charge is 0.335 e. The molecule has 0 bridgehead atoms.